The lowest BCUT2D eigenvalue weighted by atomic mass is 9.82. The fraction of sp³-hybridized carbons (Fsp3) is 0.467. The topological polar surface area (TPSA) is 126 Å². The molecule has 2 aliphatic rings. The monoisotopic (exact) mass is 579 g/mol. The van der Waals surface area contributed by atoms with E-state index in [0.29, 0.717) is 58.4 Å². The summed E-state index contributed by atoms with van der Waals surface area (Å²) in [5.41, 5.74) is -0.0308. The molecule has 1 aliphatic heterocycles. The number of aliphatic carboxylic acids is 1. The van der Waals surface area contributed by atoms with Crippen LogP contribution in [0.5, 0.6) is 5.75 Å². The van der Waals surface area contributed by atoms with Crippen molar-refractivity contribution in [3.8, 4) is 16.5 Å². The molecule has 4 aromatic rings. The maximum Gasteiger partial charge on any atom is 0.315 e. The van der Waals surface area contributed by atoms with Crippen molar-refractivity contribution in [3.63, 3.8) is 0 Å². The smallest absolute Gasteiger partial charge is 0.315 e. The number of aromatic nitrogens is 3. The van der Waals surface area contributed by atoms with Gasteiger partial charge in [-0.05, 0) is 44.2 Å². The molecule has 41 heavy (non-hydrogen) atoms. The van der Waals surface area contributed by atoms with E-state index in [0.717, 1.165) is 31.2 Å². The number of carbonyl (C=O) groups is 1. The Morgan fingerprint density at radius 1 is 1.24 bits per heavy atom. The number of ether oxygens (including phenoxy) is 3. The van der Waals surface area contributed by atoms with Crippen LogP contribution in [0.3, 0.4) is 0 Å². The van der Waals surface area contributed by atoms with Gasteiger partial charge in [0.15, 0.2) is 0 Å². The number of methoxy groups -OCH3 is 1. The van der Waals surface area contributed by atoms with E-state index >= 15 is 0 Å². The van der Waals surface area contributed by atoms with Crippen LogP contribution in [0.4, 0.5) is 0 Å². The zero-order valence-corrected chi connectivity index (χ0v) is 23.9. The highest BCUT2D eigenvalue weighted by Crippen LogP contribution is 2.42. The molecule has 1 atom stereocenters. The summed E-state index contributed by atoms with van der Waals surface area (Å²) in [6.07, 6.45) is 6.29. The van der Waals surface area contributed by atoms with Gasteiger partial charge in [-0.15, -0.1) is 11.3 Å². The molecule has 6 rings (SSSR count). The molecule has 1 unspecified atom stereocenters. The Kier molecular flexibility index (Phi) is 7.67. The van der Waals surface area contributed by atoms with Crippen molar-refractivity contribution < 1.29 is 28.5 Å². The van der Waals surface area contributed by atoms with Gasteiger partial charge in [-0.3, -0.25) is 14.3 Å². The van der Waals surface area contributed by atoms with Gasteiger partial charge in [0.1, 0.15) is 34.1 Å². The van der Waals surface area contributed by atoms with Gasteiger partial charge in [0, 0.05) is 18.8 Å². The molecule has 216 valence electrons. The predicted molar refractivity (Wildman–Crippen MR) is 153 cm³/mol. The van der Waals surface area contributed by atoms with Gasteiger partial charge in [0.2, 0.25) is 11.3 Å². The van der Waals surface area contributed by atoms with E-state index in [-0.39, 0.29) is 23.8 Å². The van der Waals surface area contributed by atoms with Gasteiger partial charge >= 0.3 is 5.97 Å². The van der Waals surface area contributed by atoms with Crippen molar-refractivity contribution in [2.24, 2.45) is 0 Å². The van der Waals surface area contributed by atoms with Gasteiger partial charge in [-0.1, -0.05) is 31.0 Å². The summed E-state index contributed by atoms with van der Waals surface area (Å²) in [6.45, 7) is 3.35. The SMILES string of the molecule is COc1ccccc1C(Cn1nc(C2(C(=O)O)CCCC2)c(=O)c2c(C)c(-c3ncco3)sc21)OC1CCOCC1. The normalized spacial score (nSPS) is 18.1. The first-order valence-corrected chi connectivity index (χ1v) is 14.8. The number of benzene rings is 1. The molecule has 1 aliphatic carbocycles. The molecular formula is C30H33N3O7S. The quantitative estimate of drug-likeness (QED) is 0.282. The number of hydrogen-bond acceptors (Lipinski definition) is 9. The predicted octanol–water partition coefficient (Wildman–Crippen LogP) is 5.26. The first-order chi connectivity index (χ1) is 19.9. The standard InChI is InChI=1S/C30H33N3O7S/c1-18-23-24(34)26(30(29(35)36)11-5-6-12-30)32-33(28(23)41-25(18)27-31-13-16-39-27)17-22(40-19-9-14-38-15-10-19)20-7-3-4-8-21(20)37-2/h3-4,7-8,13,16,19,22H,5-6,9-12,14-15,17H2,1-2H3,(H,35,36). The van der Waals surface area contributed by atoms with Crippen molar-refractivity contribution >= 4 is 27.5 Å². The molecule has 11 heteroatoms. The molecule has 3 aromatic heterocycles. The minimum absolute atomic E-state index is 0.0267. The number of nitrogens with zero attached hydrogens (tertiary/aromatic N) is 3. The highest BCUT2D eigenvalue weighted by Gasteiger charge is 2.47. The summed E-state index contributed by atoms with van der Waals surface area (Å²) in [6, 6.07) is 7.70. The Morgan fingerprint density at radius 2 is 2.00 bits per heavy atom. The van der Waals surface area contributed by atoms with Crippen LogP contribution in [0.2, 0.25) is 0 Å². The maximum absolute atomic E-state index is 14.1. The number of para-hydroxylation sites is 1. The molecule has 0 bridgehead atoms. The molecule has 0 amide bonds. The van der Waals surface area contributed by atoms with E-state index < -0.39 is 17.5 Å². The molecule has 0 spiro atoms. The number of carboxylic acid groups (broad SMARTS) is 1. The van der Waals surface area contributed by atoms with Gasteiger partial charge in [0.05, 0.1) is 36.2 Å². The van der Waals surface area contributed by atoms with E-state index in [4.69, 9.17) is 23.7 Å². The third-order valence-electron chi connectivity index (χ3n) is 8.32. The second-order valence-corrected chi connectivity index (χ2v) is 11.7. The summed E-state index contributed by atoms with van der Waals surface area (Å²) in [5.74, 6) is 0.0819. The number of fused-ring (bicyclic) bond motifs is 1. The summed E-state index contributed by atoms with van der Waals surface area (Å²) < 4.78 is 25.3. The summed E-state index contributed by atoms with van der Waals surface area (Å²) in [4.78, 5) is 32.5. The molecule has 0 radical (unpaired) electrons. The molecular weight excluding hydrogens is 546 g/mol. The van der Waals surface area contributed by atoms with Crippen molar-refractivity contribution in [2.45, 2.75) is 69.6 Å². The van der Waals surface area contributed by atoms with E-state index in [1.54, 1.807) is 18.0 Å². The third-order valence-corrected chi connectivity index (χ3v) is 9.61. The first kappa shape index (κ1) is 27.6. The van der Waals surface area contributed by atoms with Crippen molar-refractivity contribution in [2.75, 3.05) is 20.3 Å². The lowest BCUT2D eigenvalue weighted by Crippen LogP contribution is -2.40. The lowest BCUT2D eigenvalue weighted by Gasteiger charge is -2.30. The van der Waals surface area contributed by atoms with Crippen LogP contribution in [0, 0.1) is 6.92 Å². The van der Waals surface area contributed by atoms with Crippen LogP contribution in [0.25, 0.3) is 21.0 Å². The number of thiophene rings is 1. The van der Waals surface area contributed by atoms with Gasteiger partial charge in [0.25, 0.3) is 0 Å². The number of carboxylic acids is 1. The van der Waals surface area contributed by atoms with E-state index in [9.17, 15) is 14.7 Å². The fourth-order valence-corrected chi connectivity index (χ4v) is 7.34. The lowest BCUT2D eigenvalue weighted by molar-refractivity contribution is -0.143. The zero-order chi connectivity index (χ0) is 28.6. The average molecular weight is 580 g/mol. The van der Waals surface area contributed by atoms with E-state index in [1.165, 1.54) is 17.6 Å². The fourth-order valence-electron chi connectivity index (χ4n) is 6.13. The third kappa shape index (κ3) is 4.96. The minimum atomic E-state index is -1.33. The summed E-state index contributed by atoms with van der Waals surface area (Å²) >= 11 is 1.36. The second-order valence-electron chi connectivity index (χ2n) is 10.7. The summed E-state index contributed by atoms with van der Waals surface area (Å²) in [7, 11) is 1.63. The van der Waals surface area contributed by atoms with Crippen molar-refractivity contribution in [3.05, 3.63) is 63.8 Å². The van der Waals surface area contributed by atoms with E-state index in [2.05, 4.69) is 4.98 Å². The molecule has 1 aromatic carbocycles. The average Bonchev–Trinajstić information content (AvgIpc) is 3.76. The molecule has 1 saturated heterocycles. The number of aryl methyl sites for hydroxylation is 1. The molecule has 1 saturated carbocycles. The Bertz CT molecular complexity index is 1600. The maximum atomic E-state index is 14.1. The molecule has 10 nitrogen and oxygen atoms in total. The highest BCUT2D eigenvalue weighted by atomic mass is 32.1. The van der Waals surface area contributed by atoms with Crippen molar-refractivity contribution in [1.82, 2.24) is 14.8 Å². The van der Waals surface area contributed by atoms with Crippen molar-refractivity contribution in [1.29, 1.82) is 0 Å². The Hall–Kier alpha value is -3.54. The largest absolute Gasteiger partial charge is 0.496 e. The molecule has 4 heterocycles. The summed E-state index contributed by atoms with van der Waals surface area (Å²) in [5, 5.41) is 15.7. The van der Waals surface area contributed by atoms with Crippen LogP contribution in [-0.4, -0.2) is 52.3 Å². The first-order valence-electron chi connectivity index (χ1n) is 14.0. The van der Waals surface area contributed by atoms with Crippen LogP contribution < -0.4 is 10.2 Å². The number of hydrogen-bond donors (Lipinski definition) is 1. The highest BCUT2D eigenvalue weighted by molar-refractivity contribution is 7.22. The second kappa shape index (κ2) is 11.4. The van der Waals surface area contributed by atoms with Crippen LogP contribution in [-0.2, 0) is 26.2 Å². The Morgan fingerprint density at radius 3 is 2.68 bits per heavy atom. The molecule has 1 N–H and O–H groups in total. The van der Waals surface area contributed by atoms with Gasteiger partial charge in [-0.25, -0.2) is 4.98 Å². The Labute approximate surface area is 240 Å². The number of rotatable bonds is 9. The zero-order valence-electron chi connectivity index (χ0n) is 23.1. The minimum Gasteiger partial charge on any atom is -0.496 e. The van der Waals surface area contributed by atoms with Crippen LogP contribution >= 0.6 is 11.3 Å². The molecule has 2 fully saturated rings. The van der Waals surface area contributed by atoms with Crippen LogP contribution in [0.1, 0.15) is 61.4 Å². The van der Waals surface area contributed by atoms with E-state index in [1.807, 2.05) is 31.2 Å². The van der Waals surface area contributed by atoms with Crippen LogP contribution in [0.15, 0.2) is 45.9 Å². The van der Waals surface area contributed by atoms with Gasteiger partial charge < -0.3 is 23.7 Å². The number of oxazole rings is 1. The Balaban J connectivity index is 1.55. The van der Waals surface area contributed by atoms with Gasteiger partial charge in [-0.2, -0.15) is 5.10 Å².